The van der Waals surface area contributed by atoms with E-state index in [9.17, 15) is 14.4 Å². The fourth-order valence-electron chi connectivity index (χ4n) is 8.86. The lowest BCUT2D eigenvalue weighted by Gasteiger charge is -2.37. The van der Waals surface area contributed by atoms with Gasteiger partial charge in [-0.1, -0.05) is 144 Å². The molecule has 20 heteroatoms. The van der Waals surface area contributed by atoms with Crippen LogP contribution < -0.4 is 21.3 Å². The van der Waals surface area contributed by atoms with Gasteiger partial charge >= 0.3 is 0 Å². The number of unbranched alkanes of at least 4 members (excludes halogenated alkanes) is 1. The molecule has 5 aromatic rings. The Morgan fingerprint density at radius 3 is 1.31 bits per heavy atom. The maximum atomic E-state index is 14.3. The van der Waals surface area contributed by atoms with E-state index in [1.165, 1.54) is 5.56 Å². The van der Waals surface area contributed by atoms with Crippen molar-refractivity contribution >= 4 is 23.4 Å². The largest absolute Gasteiger partial charge is 0.379 e. The number of ether oxygens (including phenoxy) is 10. The lowest BCUT2D eigenvalue weighted by Crippen LogP contribution is -2.53. The molecule has 462 valence electrons. The number of carbonyl (C=O) groups excluding carboxylic acids is 3. The molecule has 0 heterocycles. The number of aryl methyl sites for hydroxylation is 2. The van der Waals surface area contributed by atoms with Crippen molar-refractivity contribution < 1.29 is 61.8 Å². The van der Waals surface area contributed by atoms with Gasteiger partial charge in [0.2, 0.25) is 17.7 Å². The molecule has 0 fully saturated rings. The molecule has 0 aromatic heterocycles. The lowest BCUT2D eigenvalue weighted by atomic mass is 9.76. The number of hydrogen-bond acceptors (Lipinski definition) is 15. The highest BCUT2D eigenvalue weighted by atomic mass is 16.6. The molecule has 3 amide bonds. The number of benzene rings is 5. The summed E-state index contributed by atoms with van der Waals surface area (Å²) in [5, 5.41) is 16.3. The molecular weight excluding hydrogens is 1090 g/mol. The molecule has 0 saturated heterocycles. The van der Waals surface area contributed by atoms with Crippen LogP contribution in [0, 0.1) is 13.8 Å². The summed E-state index contributed by atoms with van der Waals surface area (Å²) in [5.41, 5.74) is 14.6. The Balaban J connectivity index is 0.949. The van der Waals surface area contributed by atoms with Gasteiger partial charge in [-0.25, -0.2) is 0 Å². The first-order chi connectivity index (χ1) is 41.8. The minimum atomic E-state index is -0.957. The molecule has 0 aliphatic rings. The molecule has 0 aliphatic carbocycles. The van der Waals surface area contributed by atoms with E-state index >= 15 is 0 Å². The molecule has 5 rings (SSSR count). The number of amides is 3. The fourth-order valence-corrected chi connectivity index (χ4v) is 8.86. The van der Waals surface area contributed by atoms with Crippen LogP contribution >= 0.6 is 0 Å². The molecule has 0 bridgehead atoms. The van der Waals surface area contributed by atoms with Crippen LogP contribution in [0.25, 0.3) is 10.4 Å². The van der Waals surface area contributed by atoms with Crippen LogP contribution in [0.4, 0.5) is 5.69 Å². The summed E-state index contributed by atoms with van der Waals surface area (Å²) in [4.78, 5) is 44.5. The fraction of sp³-hybridized carbons (Fsp3) is 0.492. The zero-order chi connectivity index (χ0) is 60.1. The average Bonchev–Trinajstić information content (AvgIpc) is 1.42. The van der Waals surface area contributed by atoms with Crippen LogP contribution in [0.5, 0.6) is 0 Å². The number of nitrogens with zero attached hydrogens (tertiary/aromatic N) is 3. The topological polar surface area (TPSA) is 240 Å². The van der Waals surface area contributed by atoms with Crippen molar-refractivity contribution in [3.8, 4) is 0 Å². The zero-order valence-electron chi connectivity index (χ0n) is 49.7. The highest BCUT2D eigenvalue weighted by molar-refractivity contribution is 5.98. The maximum Gasteiger partial charge on any atom is 0.246 e. The minimum absolute atomic E-state index is 0.0232. The normalized spacial score (nSPS) is 12.1. The minimum Gasteiger partial charge on any atom is -0.379 e. The van der Waals surface area contributed by atoms with Crippen LogP contribution in [0.1, 0.15) is 59.1 Å². The van der Waals surface area contributed by atoms with Crippen LogP contribution in [0.3, 0.4) is 0 Å². The summed E-state index contributed by atoms with van der Waals surface area (Å²) >= 11 is 0. The van der Waals surface area contributed by atoms with Gasteiger partial charge in [0, 0.05) is 30.0 Å². The van der Waals surface area contributed by atoms with Gasteiger partial charge in [0.1, 0.15) is 12.1 Å². The molecule has 0 unspecified atom stereocenters. The lowest BCUT2D eigenvalue weighted by molar-refractivity contribution is -0.131. The predicted octanol–water partition coefficient (Wildman–Crippen LogP) is 8.07. The molecule has 0 radical (unpaired) electrons. The van der Waals surface area contributed by atoms with E-state index in [0.717, 1.165) is 27.8 Å². The van der Waals surface area contributed by atoms with Gasteiger partial charge in [-0.3, -0.25) is 19.7 Å². The van der Waals surface area contributed by atoms with Crippen LogP contribution in [-0.2, 0) is 73.7 Å². The van der Waals surface area contributed by atoms with Gasteiger partial charge in [-0.15, -0.1) is 0 Å². The van der Waals surface area contributed by atoms with Crippen molar-refractivity contribution in [3.63, 3.8) is 0 Å². The average molecular weight is 1180 g/mol. The standard InChI is InChI=1S/C65H89N7O13/c1-53-21-25-58(26-22-53)65(56-16-8-4-9-17-56,57-18-10-5-11-19-57)67-30-13-12-20-60(63(74)69-59-27-23-54(2)24-28-59)71-64(75)61(52-55-14-6-3-7-15-55)70-62(73)29-32-76-34-36-78-38-40-80-42-44-82-46-48-84-50-51-85-49-47-83-45-43-81-41-39-79-37-35-77-33-31-68-72-66/h3-11,14-19,21-28,60-61,67H,12-13,20,29-52H2,1-2H3,(H,69,74)(H,70,73)(H,71,75)/t60-,61-/m0/s1. The quantitative estimate of drug-likeness (QED) is 0.00947. The molecule has 0 saturated carbocycles. The molecular formula is C65H89N7O13. The highest BCUT2D eigenvalue weighted by Gasteiger charge is 2.36. The number of anilines is 1. The van der Waals surface area contributed by atoms with Crippen LogP contribution in [0.2, 0.25) is 0 Å². The predicted molar refractivity (Wildman–Crippen MR) is 326 cm³/mol. The molecule has 2 atom stereocenters. The first-order valence-electron chi connectivity index (χ1n) is 29.5. The van der Waals surface area contributed by atoms with Crippen molar-refractivity contribution in [1.29, 1.82) is 0 Å². The van der Waals surface area contributed by atoms with E-state index in [2.05, 4.69) is 111 Å². The van der Waals surface area contributed by atoms with Gasteiger partial charge < -0.3 is 63.3 Å². The second-order valence-corrected chi connectivity index (χ2v) is 19.8. The van der Waals surface area contributed by atoms with E-state index in [4.69, 9.17) is 52.9 Å². The third-order valence-electron chi connectivity index (χ3n) is 13.3. The summed E-state index contributed by atoms with van der Waals surface area (Å²) < 4.78 is 55.1. The van der Waals surface area contributed by atoms with Gasteiger partial charge in [0.05, 0.1) is 138 Å². The van der Waals surface area contributed by atoms with Crippen LogP contribution in [-0.4, -0.2) is 175 Å². The molecule has 20 nitrogen and oxygen atoms in total. The first kappa shape index (κ1) is 69.2. The van der Waals surface area contributed by atoms with Gasteiger partial charge in [0.25, 0.3) is 0 Å². The smallest absolute Gasteiger partial charge is 0.246 e. The molecule has 5 aromatic carbocycles. The Morgan fingerprint density at radius 2 is 0.859 bits per heavy atom. The van der Waals surface area contributed by atoms with Gasteiger partial charge in [-0.2, -0.15) is 0 Å². The van der Waals surface area contributed by atoms with Crippen molar-refractivity contribution in [2.45, 2.75) is 63.6 Å². The number of nitrogens with one attached hydrogen (secondary N) is 4. The molecule has 0 spiro atoms. The number of azide groups is 1. The van der Waals surface area contributed by atoms with Crippen molar-refractivity contribution in [3.05, 3.63) is 183 Å². The van der Waals surface area contributed by atoms with Crippen molar-refractivity contribution in [2.24, 2.45) is 5.11 Å². The van der Waals surface area contributed by atoms with E-state index < -0.39 is 23.5 Å². The van der Waals surface area contributed by atoms with E-state index in [1.807, 2.05) is 73.7 Å². The monoisotopic (exact) mass is 1180 g/mol. The number of carbonyl (C=O) groups is 3. The third kappa shape index (κ3) is 28.9. The maximum absolute atomic E-state index is 14.3. The Kier molecular flexibility index (Phi) is 35.7. The second-order valence-electron chi connectivity index (χ2n) is 19.8. The Bertz CT molecular complexity index is 2540. The SMILES string of the molecule is Cc1ccc(NC(=O)[C@H](CCCCNC(c2ccccc2)(c2ccccc2)c2ccc(C)cc2)NC(=O)[C@H](Cc2ccccc2)NC(=O)CCOCCOCCOCCOCCOCCOCCOCCOCCOCCOCCN=[N+]=[N-])cc1. The number of hydrogen-bond donors (Lipinski definition) is 4. The van der Waals surface area contributed by atoms with E-state index in [-0.39, 0.29) is 37.9 Å². The van der Waals surface area contributed by atoms with Gasteiger partial charge in [-0.05, 0) is 79.6 Å². The zero-order valence-corrected chi connectivity index (χ0v) is 49.7. The molecule has 85 heavy (non-hydrogen) atoms. The summed E-state index contributed by atoms with van der Waals surface area (Å²) in [6.45, 7) is 13.1. The Labute approximate surface area is 501 Å². The van der Waals surface area contributed by atoms with Crippen molar-refractivity contribution in [2.75, 3.05) is 151 Å². The molecule has 0 aliphatic heterocycles. The summed E-state index contributed by atoms with van der Waals surface area (Å²) in [6, 6.07) is 44.7. The highest BCUT2D eigenvalue weighted by Crippen LogP contribution is 2.37. The second kappa shape index (κ2) is 43.9. The summed E-state index contributed by atoms with van der Waals surface area (Å²) in [6.07, 6.45) is 1.92. The Morgan fingerprint density at radius 1 is 0.459 bits per heavy atom. The first-order valence-corrected chi connectivity index (χ1v) is 29.5. The summed E-state index contributed by atoms with van der Waals surface area (Å²) in [7, 11) is 0. The Hall–Kier alpha value is -6.62. The number of rotatable bonds is 49. The van der Waals surface area contributed by atoms with E-state index in [1.54, 1.807) is 0 Å². The van der Waals surface area contributed by atoms with E-state index in [0.29, 0.717) is 157 Å². The van der Waals surface area contributed by atoms with Crippen LogP contribution in [0.15, 0.2) is 145 Å². The molecule has 4 N–H and O–H groups in total. The van der Waals surface area contributed by atoms with Crippen molar-refractivity contribution in [1.82, 2.24) is 16.0 Å². The summed E-state index contributed by atoms with van der Waals surface area (Å²) in [5.74, 6) is -1.16. The third-order valence-corrected chi connectivity index (χ3v) is 13.3. The van der Waals surface area contributed by atoms with Gasteiger partial charge in [0.15, 0.2) is 0 Å².